The van der Waals surface area contributed by atoms with Gasteiger partial charge in [0.1, 0.15) is 18.3 Å². The SMILES string of the molecule is CC(CC(COCO)NC(=O)c1ccc(Oc2ccccc2)cc1)C(=O)NO. The van der Waals surface area contributed by atoms with Gasteiger partial charge in [-0.15, -0.1) is 0 Å². The Morgan fingerprint density at radius 1 is 1.04 bits per heavy atom. The van der Waals surface area contributed by atoms with Crippen molar-refractivity contribution in [1.29, 1.82) is 0 Å². The Hall–Kier alpha value is -2.94. The average Bonchev–Trinajstić information content (AvgIpc) is 2.72. The number of hydroxylamine groups is 1. The lowest BCUT2D eigenvalue weighted by atomic mass is 10.0. The van der Waals surface area contributed by atoms with Crippen LogP contribution in [0.15, 0.2) is 54.6 Å². The summed E-state index contributed by atoms with van der Waals surface area (Å²) in [4.78, 5) is 24.0. The minimum Gasteiger partial charge on any atom is -0.457 e. The zero-order chi connectivity index (χ0) is 20.4. The topological polar surface area (TPSA) is 117 Å². The zero-order valence-corrected chi connectivity index (χ0v) is 15.5. The molecule has 2 amide bonds. The average molecular weight is 388 g/mol. The summed E-state index contributed by atoms with van der Waals surface area (Å²) in [6.07, 6.45) is 0.229. The molecule has 2 unspecified atom stereocenters. The van der Waals surface area contributed by atoms with Gasteiger partial charge in [-0.3, -0.25) is 14.8 Å². The van der Waals surface area contributed by atoms with E-state index in [2.05, 4.69) is 5.32 Å². The molecule has 0 spiro atoms. The van der Waals surface area contributed by atoms with Crippen LogP contribution in [0.25, 0.3) is 0 Å². The van der Waals surface area contributed by atoms with Crippen LogP contribution in [-0.4, -0.2) is 41.6 Å². The summed E-state index contributed by atoms with van der Waals surface area (Å²) in [7, 11) is 0. The summed E-state index contributed by atoms with van der Waals surface area (Å²) in [6, 6.07) is 15.4. The molecule has 0 bridgehead atoms. The fraction of sp³-hybridized carbons (Fsp3) is 0.300. The molecule has 4 N–H and O–H groups in total. The number of hydrogen-bond acceptors (Lipinski definition) is 6. The van der Waals surface area contributed by atoms with Crippen molar-refractivity contribution in [3.8, 4) is 11.5 Å². The molecule has 0 heterocycles. The van der Waals surface area contributed by atoms with E-state index in [0.717, 1.165) is 0 Å². The summed E-state index contributed by atoms with van der Waals surface area (Å²) < 4.78 is 10.6. The fourth-order valence-electron chi connectivity index (χ4n) is 2.58. The van der Waals surface area contributed by atoms with Crippen LogP contribution in [0.2, 0.25) is 0 Å². The molecule has 0 aliphatic carbocycles. The molecule has 2 aromatic rings. The standard InChI is InChI=1S/C20H24N2O6/c1-14(19(24)22-26)11-16(12-27-13-23)21-20(25)15-7-9-18(10-8-15)28-17-5-3-2-4-6-17/h2-10,14,16,23,26H,11-13H2,1H3,(H,21,25)(H,22,24). The Morgan fingerprint density at radius 2 is 1.68 bits per heavy atom. The molecule has 0 aromatic heterocycles. The first-order valence-electron chi connectivity index (χ1n) is 8.80. The summed E-state index contributed by atoms with van der Waals surface area (Å²) in [5.74, 6) is -0.187. The van der Waals surface area contributed by atoms with Crippen molar-refractivity contribution in [2.75, 3.05) is 13.4 Å². The Kier molecular flexibility index (Phi) is 8.41. The van der Waals surface area contributed by atoms with Gasteiger partial charge in [0.25, 0.3) is 5.91 Å². The van der Waals surface area contributed by atoms with Gasteiger partial charge in [0, 0.05) is 11.5 Å². The van der Waals surface area contributed by atoms with E-state index < -0.39 is 24.7 Å². The number of nitrogens with one attached hydrogen (secondary N) is 2. The normalized spacial score (nSPS) is 12.7. The minimum atomic E-state index is -0.564. The van der Waals surface area contributed by atoms with E-state index in [1.807, 2.05) is 30.3 Å². The van der Waals surface area contributed by atoms with Crippen LogP contribution in [0.5, 0.6) is 11.5 Å². The van der Waals surface area contributed by atoms with E-state index in [0.29, 0.717) is 17.1 Å². The number of hydrogen-bond donors (Lipinski definition) is 4. The lowest BCUT2D eigenvalue weighted by Gasteiger charge is -2.21. The van der Waals surface area contributed by atoms with Gasteiger partial charge in [-0.25, -0.2) is 5.48 Å². The maximum absolute atomic E-state index is 12.5. The molecular weight excluding hydrogens is 364 g/mol. The molecule has 2 aromatic carbocycles. The van der Waals surface area contributed by atoms with Crippen molar-refractivity contribution >= 4 is 11.8 Å². The van der Waals surface area contributed by atoms with Crippen molar-refractivity contribution in [1.82, 2.24) is 10.8 Å². The Labute approximate surface area is 163 Å². The summed E-state index contributed by atoms with van der Waals surface area (Å²) in [5.41, 5.74) is 1.99. The molecule has 2 rings (SSSR count). The second-order valence-corrected chi connectivity index (χ2v) is 6.22. The summed E-state index contributed by atoms with van der Waals surface area (Å²) >= 11 is 0. The molecule has 0 aliphatic rings. The lowest BCUT2D eigenvalue weighted by molar-refractivity contribution is -0.133. The van der Waals surface area contributed by atoms with E-state index in [1.54, 1.807) is 36.7 Å². The molecule has 0 radical (unpaired) electrons. The predicted molar refractivity (Wildman–Crippen MR) is 101 cm³/mol. The highest BCUT2D eigenvalue weighted by Gasteiger charge is 2.21. The number of amides is 2. The van der Waals surface area contributed by atoms with Crippen LogP contribution in [0.1, 0.15) is 23.7 Å². The number of rotatable bonds is 10. The van der Waals surface area contributed by atoms with Gasteiger partial charge in [0.2, 0.25) is 5.91 Å². The zero-order valence-electron chi connectivity index (χ0n) is 15.5. The molecule has 8 heteroatoms. The third kappa shape index (κ3) is 6.66. The monoisotopic (exact) mass is 388 g/mol. The Morgan fingerprint density at radius 3 is 2.29 bits per heavy atom. The first-order chi connectivity index (χ1) is 13.5. The highest BCUT2D eigenvalue weighted by molar-refractivity contribution is 5.94. The predicted octanol–water partition coefficient (Wildman–Crippen LogP) is 2.08. The van der Waals surface area contributed by atoms with Crippen molar-refractivity contribution in [3.05, 3.63) is 60.2 Å². The summed E-state index contributed by atoms with van der Waals surface area (Å²) in [6.45, 7) is 1.14. The van der Waals surface area contributed by atoms with Gasteiger partial charge < -0.3 is 19.9 Å². The maximum atomic E-state index is 12.5. The van der Waals surface area contributed by atoms with E-state index in [9.17, 15) is 9.59 Å². The van der Waals surface area contributed by atoms with Crippen LogP contribution in [0.4, 0.5) is 0 Å². The Bertz CT molecular complexity index is 751. The number of benzene rings is 2. The fourth-order valence-corrected chi connectivity index (χ4v) is 2.58. The number of para-hydroxylation sites is 1. The molecule has 2 atom stereocenters. The van der Waals surface area contributed by atoms with Crippen LogP contribution >= 0.6 is 0 Å². The largest absolute Gasteiger partial charge is 0.457 e. The molecule has 150 valence electrons. The molecule has 28 heavy (non-hydrogen) atoms. The van der Waals surface area contributed by atoms with Gasteiger partial charge >= 0.3 is 0 Å². The van der Waals surface area contributed by atoms with E-state index >= 15 is 0 Å². The number of aliphatic hydroxyl groups is 1. The van der Waals surface area contributed by atoms with Crippen molar-refractivity contribution in [2.45, 2.75) is 19.4 Å². The quantitative estimate of drug-likeness (QED) is 0.281. The van der Waals surface area contributed by atoms with Crippen molar-refractivity contribution in [2.24, 2.45) is 5.92 Å². The van der Waals surface area contributed by atoms with Crippen LogP contribution in [0.3, 0.4) is 0 Å². The van der Waals surface area contributed by atoms with Crippen LogP contribution in [0, 0.1) is 5.92 Å². The third-order valence-corrected chi connectivity index (χ3v) is 4.04. The second-order valence-electron chi connectivity index (χ2n) is 6.22. The minimum absolute atomic E-state index is 0.0283. The van der Waals surface area contributed by atoms with Gasteiger partial charge in [-0.05, 0) is 42.8 Å². The molecule has 8 nitrogen and oxygen atoms in total. The molecule has 0 fully saturated rings. The van der Waals surface area contributed by atoms with E-state index in [1.165, 1.54) is 0 Å². The number of aliphatic hydroxyl groups excluding tert-OH is 1. The number of carbonyl (C=O) groups excluding carboxylic acids is 2. The third-order valence-electron chi connectivity index (χ3n) is 4.04. The van der Waals surface area contributed by atoms with Crippen molar-refractivity contribution < 1.29 is 29.4 Å². The first-order valence-corrected chi connectivity index (χ1v) is 8.80. The smallest absolute Gasteiger partial charge is 0.251 e. The van der Waals surface area contributed by atoms with Crippen LogP contribution < -0.4 is 15.5 Å². The van der Waals surface area contributed by atoms with Gasteiger partial charge in [-0.2, -0.15) is 0 Å². The molecule has 0 saturated heterocycles. The highest BCUT2D eigenvalue weighted by atomic mass is 16.6. The van der Waals surface area contributed by atoms with E-state index in [-0.39, 0.29) is 18.9 Å². The van der Waals surface area contributed by atoms with Gasteiger partial charge in [0.15, 0.2) is 0 Å². The maximum Gasteiger partial charge on any atom is 0.251 e. The van der Waals surface area contributed by atoms with Gasteiger partial charge in [-0.1, -0.05) is 25.1 Å². The second kappa shape index (κ2) is 11.0. The van der Waals surface area contributed by atoms with E-state index in [4.69, 9.17) is 19.8 Å². The first kappa shape index (κ1) is 21.4. The number of carbonyl (C=O) groups is 2. The molecule has 0 aliphatic heterocycles. The van der Waals surface area contributed by atoms with Gasteiger partial charge in [0.05, 0.1) is 12.6 Å². The summed E-state index contributed by atoms with van der Waals surface area (Å²) in [5, 5.41) is 20.3. The molecular formula is C20H24N2O6. The highest BCUT2D eigenvalue weighted by Crippen LogP contribution is 2.21. The van der Waals surface area contributed by atoms with Crippen molar-refractivity contribution in [3.63, 3.8) is 0 Å². The Balaban J connectivity index is 1.98. The lowest BCUT2D eigenvalue weighted by Crippen LogP contribution is -2.41. The molecule has 0 saturated carbocycles. The van der Waals surface area contributed by atoms with Crippen LogP contribution in [-0.2, 0) is 9.53 Å². The number of ether oxygens (including phenoxy) is 2.